The maximum Gasteiger partial charge on any atom is 0.315 e. The molecule has 0 bridgehead atoms. The lowest BCUT2D eigenvalue weighted by molar-refractivity contribution is 0.173. The Morgan fingerprint density at radius 1 is 1.41 bits per heavy atom. The van der Waals surface area contributed by atoms with Crippen LogP contribution in [0.1, 0.15) is 17.2 Å². The Kier molecular flexibility index (Phi) is 6.06. The second-order valence-corrected chi connectivity index (χ2v) is 5.81. The Morgan fingerprint density at radius 2 is 2.23 bits per heavy atom. The first-order chi connectivity index (χ1) is 10.6. The maximum absolute atomic E-state index is 11.8. The molecule has 2 aromatic rings. The van der Waals surface area contributed by atoms with Gasteiger partial charge in [0.2, 0.25) is 0 Å². The van der Waals surface area contributed by atoms with Crippen molar-refractivity contribution in [1.29, 1.82) is 0 Å². The van der Waals surface area contributed by atoms with E-state index in [1.807, 2.05) is 16.8 Å². The first kappa shape index (κ1) is 16.6. The van der Waals surface area contributed by atoms with Gasteiger partial charge in [0.05, 0.1) is 13.2 Å². The first-order valence-corrected chi connectivity index (χ1v) is 7.96. The molecule has 3 N–H and O–H groups in total. The van der Waals surface area contributed by atoms with E-state index in [2.05, 4.69) is 10.6 Å². The first-order valence-electron chi connectivity index (χ1n) is 6.64. The number of aliphatic hydroxyl groups excluding tert-OH is 1. The predicted molar refractivity (Wildman–Crippen MR) is 87.5 cm³/mol. The van der Waals surface area contributed by atoms with Crippen molar-refractivity contribution in [2.75, 3.05) is 13.7 Å². The quantitative estimate of drug-likeness (QED) is 0.757. The van der Waals surface area contributed by atoms with Crippen molar-refractivity contribution in [1.82, 2.24) is 10.6 Å². The standard InChI is InChI=1S/C15H17ClN2O3S/c1-21-14-6-12(16)3-2-10(14)7-17-15(20)18-8-13(19)11-4-5-22-9-11/h2-6,9,13,19H,7-8H2,1H3,(H2,17,18,20)/t13-/m0/s1. The fourth-order valence-electron chi connectivity index (χ4n) is 1.87. The SMILES string of the molecule is COc1cc(Cl)ccc1CNC(=O)NC[C@H](O)c1ccsc1. The number of carbonyl (C=O) groups is 1. The van der Waals surface area contributed by atoms with Crippen LogP contribution in [-0.2, 0) is 6.54 Å². The van der Waals surface area contributed by atoms with Crippen molar-refractivity contribution in [3.05, 3.63) is 51.2 Å². The van der Waals surface area contributed by atoms with Gasteiger partial charge < -0.3 is 20.5 Å². The Balaban J connectivity index is 1.80. The number of urea groups is 1. The number of carbonyl (C=O) groups excluding carboxylic acids is 1. The van der Waals surface area contributed by atoms with Crippen LogP contribution in [0.25, 0.3) is 0 Å². The third kappa shape index (κ3) is 4.62. The van der Waals surface area contributed by atoms with Gasteiger partial charge in [-0.25, -0.2) is 4.79 Å². The molecule has 0 aliphatic carbocycles. The van der Waals surface area contributed by atoms with Crippen LogP contribution in [0.4, 0.5) is 4.79 Å². The van der Waals surface area contributed by atoms with E-state index in [0.29, 0.717) is 17.3 Å². The molecule has 0 aliphatic rings. The Labute approximate surface area is 137 Å². The Morgan fingerprint density at radius 3 is 2.91 bits per heavy atom. The van der Waals surface area contributed by atoms with E-state index in [1.165, 1.54) is 11.3 Å². The van der Waals surface area contributed by atoms with Crippen LogP contribution in [0.3, 0.4) is 0 Å². The highest BCUT2D eigenvalue weighted by Gasteiger charge is 2.10. The minimum atomic E-state index is -0.706. The summed E-state index contributed by atoms with van der Waals surface area (Å²) < 4.78 is 5.21. The highest BCUT2D eigenvalue weighted by atomic mass is 35.5. The lowest BCUT2D eigenvalue weighted by Gasteiger charge is -2.13. The molecule has 1 heterocycles. The number of amides is 2. The number of halogens is 1. The number of benzene rings is 1. The zero-order valence-electron chi connectivity index (χ0n) is 12.0. The van der Waals surface area contributed by atoms with Gasteiger partial charge >= 0.3 is 6.03 Å². The topological polar surface area (TPSA) is 70.6 Å². The number of ether oxygens (including phenoxy) is 1. The third-order valence-corrected chi connectivity index (χ3v) is 4.01. The Hall–Kier alpha value is -1.76. The summed E-state index contributed by atoms with van der Waals surface area (Å²) in [6, 6.07) is 6.69. The molecule has 2 amide bonds. The van der Waals surface area contributed by atoms with Gasteiger partial charge in [-0.05, 0) is 34.5 Å². The van der Waals surface area contributed by atoms with Crippen molar-refractivity contribution in [3.8, 4) is 5.75 Å². The van der Waals surface area contributed by atoms with Crippen LogP contribution >= 0.6 is 22.9 Å². The van der Waals surface area contributed by atoms with Crippen molar-refractivity contribution in [3.63, 3.8) is 0 Å². The van der Waals surface area contributed by atoms with Crippen molar-refractivity contribution in [2.45, 2.75) is 12.6 Å². The van der Waals surface area contributed by atoms with Crippen LogP contribution in [-0.4, -0.2) is 24.8 Å². The zero-order valence-corrected chi connectivity index (χ0v) is 13.6. The number of rotatable bonds is 6. The molecule has 5 nitrogen and oxygen atoms in total. The number of methoxy groups -OCH3 is 1. The molecule has 2 rings (SSSR count). The smallest absolute Gasteiger partial charge is 0.315 e. The molecule has 1 aromatic heterocycles. The van der Waals surface area contributed by atoms with Crippen LogP contribution in [0.5, 0.6) is 5.75 Å². The molecule has 0 aliphatic heterocycles. The number of aliphatic hydroxyl groups is 1. The van der Waals surface area contributed by atoms with Gasteiger partial charge in [-0.1, -0.05) is 17.7 Å². The normalized spacial score (nSPS) is 11.8. The largest absolute Gasteiger partial charge is 0.496 e. The number of hydrogen-bond acceptors (Lipinski definition) is 4. The molecular weight excluding hydrogens is 324 g/mol. The van der Waals surface area contributed by atoms with Gasteiger partial charge in [-0.2, -0.15) is 11.3 Å². The van der Waals surface area contributed by atoms with E-state index in [4.69, 9.17) is 16.3 Å². The molecule has 22 heavy (non-hydrogen) atoms. The lowest BCUT2D eigenvalue weighted by atomic mass is 10.2. The zero-order chi connectivity index (χ0) is 15.9. The molecule has 118 valence electrons. The van der Waals surface area contributed by atoms with Gasteiger partial charge in [0.25, 0.3) is 0 Å². The van der Waals surface area contributed by atoms with Crippen molar-refractivity contribution >= 4 is 29.0 Å². The summed E-state index contributed by atoms with van der Waals surface area (Å²) >= 11 is 7.39. The predicted octanol–water partition coefficient (Wildman–Crippen LogP) is 2.94. The summed E-state index contributed by atoms with van der Waals surface area (Å²) in [6.07, 6.45) is -0.706. The summed E-state index contributed by atoms with van der Waals surface area (Å²) in [5.41, 5.74) is 1.62. The Bertz CT molecular complexity index is 619. The minimum Gasteiger partial charge on any atom is -0.496 e. The van der Waals surface area contributed by atoms with Crippen LogP contribution in [0.15, 0.2) is 35.0 Å². The van der Waals surface area contributed by atoms with Crippen molar-refractivity contribution in [2.24, 2.45) is 0 Å². The highest BCUT2D eigenvalue weighted by Crippen LogP contribution is 2.22. The molecule has 0 saturated heterocycles. The molecule has 0 fully saturated rings. The van der Waals surface area contributed by atoms with E-state index >= 15 is 0 Å². The molecule has 1 atom stereocenters. The summed E-state index contributed by atoms with van der Waals surface area (Å²) in [5.74, 6) is 0.617. The summed E-state index contributed by atoms with van der Waals surface area (Å²) in [7, 11) is 1.55. The average molecular weight is 341 g/mol. The van der Waals surface area contributed by atoms with E-state index in [9.17, 15) is 9.90 Å². The second-order valence-electron chi connectivity index (χ2n) is 4.59. The van der Waals surface area contributed by atoms with E-state index in [-0.39, 0.29) is 12.6 Å². The number of nitrogens with one attached hydrogen (secondary N) is 2. The van der Waals surface area contributed by atoms with Crippen LogP contribution in [0.2, 0.25) is 5.02 Å². The number of thiophene rings is 1. The van der Waals surface area contributed by atoms with E-state index in [0.717, 1.165) is 11.1 Å². The lowest BCUT2D eigenvalue weighted by Crippen LogP contribution is -2.37. The fraction of sp³-hybridized carbons (Fsp3) is 0.267. The summed E-state index contributed by atoms with van der Waals surface area (Å²) in [6.45, 7) is 0.459. The molecule has 1 aromatic carbocycles. The second kappa shape index (κ2) is 8.03. The van der Waals surface area contributed by atoms with E-state index < -0.39 is 6.10 Å². The number of hydrogen-bond donors (Lipinski definition) is 3. The molecule has 0 unspecified atom stereocenters. The van der Waals surface area contributed by atoms with E-state index in [1.54, 1.807) is 25.3 Å². The van der Waals surface area contributed by atoms with Gasteiger partial charge in [-0.15, -0.1) is 0 Å². The molecule has 7 heteroatoms. The van der Waals surface area contributed by atoms with Gasteiger partial charge in [-0.3, -0.25) is 0 Å². The average Bonchev–Trinajstić information content (AvgIpc) is 3.05. The third-order valence-electron chi connectivity index (χ3n) is 3.07. The van der Waals surface area contributed by atoms with Crippen molar-refractivity contribution < 1.29 is 14.6 Å². The molecule has 0 radical (unpaired) electrons. The maximum atomic E-state index is 11.8. The van der Waals surface area contributed by atoms with Gasteiger partial charge in [0.1, 0.15) is 5.75 Å². The monoisotopic (exact) mass is 340 g/mol. The van der Waals surface area contributed by atoms with Gasteiger partial charge in [0, 0.05) is 23.7 Å². The molecular formula is C15H17ClN2O3S. The van der Waals surface area contributed by atoms with Gasteiger partial charge in [0.15, 0.2) is 0 Å². The minimum absolute atomic E-state index is 0.153. The molecule has 0 saturated carbocycles. The molecule has 0 spiro atoms. The summed E-state index contributed by atoms with van der Waals surface area (Å²) in [4.78, 5) is 11.8. The van der Waals surface area contributed by atoms with Crippen LogP contribution in [0, 0.1) is 0 Å². The fourth-order valence-corrected chi connectivity index (χ4v) is 2.74. The highest BCUT2D eigenvalue weighted by molar-refractivity contribution is 7.07. The summed E-state index contributed by atoms with van der Waals surface area (Å²) in [5, 5.41) is 19.5. The van der Waals surface area contributed by atoms with Crippen LogP contribution < -0.4 is 15.4 Å².